The summed E-state index contributed by atoms with van der Waals surface area (Å²) in [6.45, 7) is 2.50. The minimum absolute atomic E-state index is 0.286. The van der Waals surface area contributed by atoms with Crippen LogP contribution in [0.5, 0.6) is 0 Å². The van der Waals surface area contributed by atoms with Crippen LogP contribution in [0.1, 0.15) is 11.4 Å². The Balaban J connectivity index is 1.85. The minimum Gasteiger partial charge on any atom is -0.383 e. The molecule has 0 amide bonds. The fourth-order valence-corrected chi connectivity index (χ4v) is 2.89. The maximum atomic E-state index is 13.5. The minimum atomic E-state index is -0.286. The molecule has 0 aliphatic rings. The predicted molar refractivity (Wildman–Crippen MR) is 86.1 cm³/mol. The summed E-state index contributed by atoms with van der Waals surface area (Å²) in [5, 5.41) is 13.3. The summed E-state index contributed by atoms with van der Waals surface area (Å²) in [6, 6.07) is 5.00. The third-order valence-corrected chi connectivity index (χ3v) is 4.54. The number of nitrogens with one attached hydrogen (secondary N) is 1. The van der Waals surface area contributed by atoms with Gasteiger partial charge in [-0.1, -0.05) is 17.4 Å². The monoisotopic (exact) mass is 373 g/mol. The summed E-state index contributed by atoms with van der Waals surface area (Å²) < 4.78 is 18.9. The highest BCUT2D eigenvalue weighted by molar-refractivity contribution is 9.10. The van der Waals surface area contributed by atoms with E-state index in [0.717, 1.165) is 48.1 Å². The molecule has 0 spiro atoms. The van der Waals surface area contributed by atoms with Crippen molar-refractivity contribution in [3.05, 3.63) is 33.5 Å². The van der Waals surface area contributed by atoms with Gasteiger partial charge in [0, 0.05) is 25.6 Å². The predicted octanol–water partition coefficient (Wildman–Crippen LogP) is 3.28. The van der Waals surface area contributed by atoms with Gasteiger partial charge in [0.15, 0.2) is 0 Å². The van der Waals surface area contributed by atoms with Gasteiger partial charge in [-0.15, -0.1) is 10.2 Å². The van der Waals surface area contributed by atoms with Gasteiger partial charge < -0.3 is 10.1 Å². The Hall–Kier alpha value is -0.890. The number of benzene rings is 1. The van der Waals surface area contributed by atoms with Crippen LogP contribution in [-0.4, -0.2) is 37.0 Å². The van der Waals surface area contributed by atoms with Gasteiger partial charge in [0.2, 0.25) is 0 Å². The molecule has 4 nitrogen and oxygen atoms in total. The summed E-state index contributed by atoms with van der Waals surface area (Å²) in [7, 11) is 1.69. The van der Waals surface area contributed by atoms with Crippen molar-refractivity contribution in [2.75, 3.05) is 26.8 Å². The van der Waals surface area contributed by atoms with E-state index < -0.39 is 0 Å². The summed E-state index contributed by atoms with van der Waals surface area (Å²) in [5.74, 6) is -0.286. The van der Waals surface area contributed by atoms with Crippen molar-refractivity contribution in [1.29, 1.82) is 0 Å². The zero-order chi connectivity index (χ0) is 15.1. The van der Waals surface area contributed by atoms with E-state index in [2.05, 4.69) is 31.4 Å². The molecule has 1 N–H and O–H groups in total. The van der Waals surface area contributed by atoms with Crippen LogP contribution in [0.4, 0.5) is 4.39 Å². The Morgan fingerprint density at radius 3 is 2.95 bits per heavy atom. The maximum Gasteiger partial charge on any atom is 0.147 e. The van der Waals surface area contributed by atoms with E-state index in [1.165, 1.54) is 17.4 Å². The van der Waals surface area contributed by atoms with Crippen LogP contribution in [0, 0.1) is 5.82 Å². The van der Waals surface area contributed by atoms with E-state index in [-0.39, 0.29) is 5.82 Å². The molecule has 21 heavy (non-hydrogen) atoms. The summed E-state index contributed by atoms with van der Waals surface area (Å²) in [4.78, 5) is 0. The molecule has 1 aromatic carbocycles. The molecular formula is C14H17BrFN3OS. The lowest BCUT2D eigenvalue weighted by Gasteiger charge is -2.01. The Morgan fingerprint density at radius 2 is 2.19 bits per heavy atom. The van der Waals surface area contributed by atoms with E-state index in [9.17, 15) is 4.39 Å². The van der Waals surface area contributed by atoms with Crippen LogP contribution in [0.2, 0.25) is 0 Å². The fourth-order valence-electron chi connectivity index (χ4n) is 1.76. The smallest absolute Gasteiger partial charge is 0.147 e. The average Bonchev–Trinajstić information content (AvgIpc) is 2.94. The number of aryl methyl sites for hydroxylation is 1. The van der Waals surface area contributed by atoms with Crippen molar-refractivity contribution in [2.45, 2.75) is 12.8 Å². The zero-order valence-electron chi connectivity index (χ0n) is 11.7. The molecule has 0 atom stereocenters. The first kappa shape index (κ1) is 16.5. The van der Waals surface area contributed by atoms with Crippen molar-refractivity contribution in [3.63, 3.8) is 0 Å². The van der Waals surface area contributed by atoms with Gasteiger partial charge in [-0.2, -0.15) is 0 Å². The molecule has 7 heteroatoms. The number of halogens is 2. The standard InChI is InChI=1S/C14H17BrFN3OS/c1-20-8-7-17-6-2-3-13-18-19-14(21-13)10-4-5-11(15)12(16)9-10/h4-5,9,17H,2-3,6-8H2,1H3. The Bertz CT molecular complexity index is 579. The molecule has 0 unspecified atom stereocenters. The van der Waals surface area contributed by atoms with Crippen LogP contribution < -0.4 is 5.32 Å². The summed E-state index contributed by atoms with van der Waals surface area (Å²) >= 11 is 4.66. The van der Waals surface area contributed by atoms with E-state index in [0.29, 0.717) is 4.47 Å². The third-order valence-electron chi connectivity index (χ3n) is 2.86. The maximum absolute atomic E-state index is 13.5. The van der Waals surface area contributed by atoms with Crippen molar-refractivity contribution in [2.24, 2.45) is 0 Å². The van der Waals surface area contributed by atoms with Gasteiger partial charge in [0.1, 0.15) is 15.8 Å². The second-order valence-electron chi connectivity index (χ2n) is 4.48. The lowest BCUT2D eigenvalue weighted by molar-refractivity contribution is 0.199. The van der Waals surface area contributed by atoms with E-state index in [1.807, 2.05) is 6.07 Å². The van der Waals surface area contributed by atoms with Crippen LogP contribution in [0.25, 0.3) is 10.6 Å². The Kier molecular flexibility index (Phi) is 6.69. The number of ether oxygens (including phenoxy) is 1. The van der Waals surface area contributed by atoms with Gasteiger partial charge in [-0.3, -0.25) is 0 Å². The van der Waals surface area contributed by atoms with Crippen LogP contribution in [-0.2, 0) is 11.2 Å². The normalized spacial score (nSPS) is 11.0. The van der Waals surface area contributed by atoms with Gasteiger partial charge in [0.05, 0.1) is 11.1 Å². The molecular weight excluding hydrogens is 357 g/mol. The SMILES string of the molecule is COCCNCCCc1nnc(-c2ccc(Br)c(F)c2)s1. The van der Waals surface area contributed by atoms with E-state index in [4.69, 9.17) is 4.74 Å². The topological polar surface area (TPSA) is 47.0 Å². The molecule has 114 valence electrons. The molecule has 0 aliphatic carbocycles. The molecule has 2 rings (SSSR count). The van der Waals surface area contributed by atoms with Crippen molar-refractivity contribution in [1.82, 2.24) is 15.5 Å². The van der Waals surface area contributed by atoms with Gasteiger partial charge in [-0.05, 0) is 41.0 Å². The molecule has 1 heterocycles. The van der Waals surface area contributed by atoms with Crippen LogP contribution in [0.15, 0.2) is 22.7 Å². The second kappa shape index (κ2) is 8.53. The average molecular weight is 374 g/mol. The Labute approximate surface area is 135 Å². The second-order valence-corrected chi connectivity index (χ2v) is 6.39. The summed E-state index contributed by atoms with van der Waals surface area (Å²) in [6.07, 6.45) is 1.86. The highest BCUT2D eigenvalue weighted by atomic mass is 79.9. The number of hydrogen-bond acceptors (Lipinski definition) is 5. The number of methoxy groups -OCH3 is 1. The number of aromatic nitrogens is 2. The number of nitrogens with zero attached hydrogens (tertiary/aromatic N) is 2. The van der Waals surface area contributed by atoms with E-state index in [1.54, 1.807) is 13.2 Å². The van der Waals surface area contributed by atoms with Crippen molar-refractivity contribution < 1.29 is 9.13 Å². The molecule has 2 aromatic rings. The third kappa shape index (κ3) is 5.10. The lowest BCUT2D eigenvalue weighted by Crippen LogP contribution is -2.20. The van der Waals surface area contributed by atoms with Crippen LogP contribution >= 0.6 is 27.3 Å². The quantitative estimate of drug-likeness (QED) is 0.721. The molecule has 0 aliphatic heterocycles. The van der Waals surface area contributed by atoms with Gasteiger partial charge in [-0.25, -0.2) is 4.39 Å². The van der Waals surface area contributed by atoms with E-state index >= 15 is 0 Å². The largest absolute Gasteiger partial charge is 0.383 e. The number of hydrogen-bond donors (Lipinski definition) is 1. The summed E-state index contributed by atoms with van der Waals surface area (Å²) in [5.41, 5.74) is 0.762. The molecule has 0 radical (unpaired) electrons. The van der Waals surface area contributed by atoms with Crippen molar-refractivity contribution >= 4 is 27.3 Å². The zero-order valence-corrected chi connectivity index (χ0v) is 14.1. The lowest BCUT2D eigenvalue weighted by atomic mass is 10.2. The highest BCUT2D eigenvalue weighted by Gasteiger charge is 2.09. The first-order valence-electron chi connectivity index (χ1n) is 6.68. The molecule has 0 bridgehead atoms. The highest BCUT2D eigenvalue weighted by Crippen LogP contribution is 2.27. The van der Waals surface area contributed by atoms with Crippen molar-refractivity contribution in [3.8, 4) is 10.6 Å². The first-order valence-corrected chi connectivity index (χ1v) is 8.29. The van der Waals surface area contributed by atoms with Crippen LogP contribution in [0.3, 0.4) is 0 Å². The fraction of sp³-hybridized carbons (Fsp3) is 0.429. The molecule has 1 aromatic heterocycles. The molecule has 0 saturated heterocycles. The van der Waals surface area contributed by atoms with Gasteiger partial charge in [0.25, 0.3) is 0 Å². The van der Waals surface area contributed by atoms with Gasteiger partial charge >= 0.3 is 0 Å². The number of rotatable bonds is 8. The first-order chi connectivity index (χ1) is 10.2. The molecule has 0 saturated carbocycles. The Morgan fingerprint density at radius 1 is 1.33 bits per heavy atom. The molecule has 0 fully saturated rings.